The lowest BCUT2D eigenvalue weighted by atomic mass is 9.96. The predicted octanol–water partition coefficient (Wildman–Crippen LogP) is 2.88. The van der Waals surface area contributed by atoms with Gasteiger partial charge in [-0.1, -0.05) is 24.3 Å². The van der Waals surface area contributed by atoms with E-state index in [-0.39, 0.29) is 5.91 Å². The Morgan fingerprint density at radius 3 is 2.30 bits per heavy atom. The molecule has 0 aliphatic heterocycles. The molecule has 2 rings (SSSR count). The number of benzene rings is 2. The van der Waals surface area contributed by atoms with E-state index in [1.54, 1.807) is 14.0 Å². The zero-order valence-electron chi connectivity index (χ0n) is 13.7. The van der Waals surface area contributed by atoms with Crippen molar-refractivity contribution in [3.05, 3.63) is 42.0 Å². The van der Waals surface area contributed by atoms with E-state index in [0.29, 0.717) is 0 Å². The molecule has 0 fully saturated rings. The van der Waals surface area contributed by atoms with Crippen LogP contribution in [0.25, 0.3) is 10.8 Å². The van der Waals surface area contributed by atoms with Crippen LogP contribution in [-0.4, -0.2) is 42.1 Å². The second-order valence-corrected chi connectivity index (χ2v) is 5.66. The number of hydrogen-bond donors (Lipinski definition) is 1. The van der Waals surface area contributed by atoms with Gasteiger partial charge in [-0.2, -0.15) is 0 Å². The molecule has 23 heavy (non-hydrogen) atoms. The number of hydrogen-bond acceptors (Lipinski definition) is 3. The Morgan fingerprint density at radius 1 is 1.09 bits per heavy atom. The zero-order valence-corrected chi connectivity index (χ0v) is 13.7. The predicted molar refractivity (Wildman–Crippen MR) is 88.8 cm³/mol. The van der Waals surface area contributed by atoms with E-state index in [4.69, 9.17) is 9.84 Å². The van der Waals surface area contributed by atoms with Gasteiger partial charge in [0.15, 0.2) is 0 Å². The molecule has 1 amide bonds. The minimum atomic E-state index is -1.02. The van der Waals surface area contributed by atoms with E-state index in [9.17, 15) is 9.59 Å². The smallest absolute Gasteiger partial charge is 0.326 e. The lowest BCUT2D eigenvalue weighted by Gasteiger charge is -2.25. The molecule has 0 heterocycles. The van der Waals surface area contributed by atoms with Crippen molar-refractivity contribution in [2.24, 2.45) is 0 Å². The summed E-state index contributed by atoms with van der Waals surface area (Å²) in [4.78, 5) is 24.8. The second-order valence-electron chi connectivity index (χ2n) is 5.66. The Labute approximate surface area is 135 Å². The number of carbonyl (C=O) groups is 2. The first-order chi connectivity index (χ1) is 10.8. The maximum absolute atomic E-state index is 12.5. The van der Waals surface area contributed by atoms with Gasteiger partial charge in [0.25, 0.3) is 0 Å². The number of ether oxygens (including phenoxy) is 1. The van der Waals surface area contributed by atoms with Crippen molar-refractivity contribution in [2.75, 3.05) is 14.2 Å². The van der Waals surface area contributed by atoms with Crippen LogP contribution in [0.3, 0.4) is 0 Å². The average molecular weight is 315 g/mol. The van der Waals surface area contributed by atoms with Crippen molar-refractivity contribution in [2.45, 2.75) is 25.8 Å². The van der Waals surface area contributed by atoms with Crippen molar-refractivity contribution in [3.8, 4) is 5.75 Å². The Balaban J connectivity index is 2.28. The van der Waals surface area contributed by atoms with Crippen LogP contribution in [0.1, 0.15) is 25.3 Å². The first-order valence-corrected chi connectivity index (χ1v) is 7.42. The zero-order chi connectivity index (χ0) is 17.1. The molecule has 1 unspecified atom stereocenters. The quantitative estimate of drug-likeness (QED) is 0.921. The van der Waals surface area contributed by atoms with Crippen LogP contribution in [0.5, 0.6) is 5.75 Å². The fourth-order valence-corrected chi connectivity index (χ4v) is 2.44. The summed E-state index contributed by atoms with van der Waals surface area (Å²) in [5.41, 5.74) is 0.858. The van der Waals surface area contributed by atoms with Crippen molar-refractivity contribution in [3.63, 3.8) is 0 Å². The maximum Gasteiger partial charge on any atom is 0.326 e. The van der Waals surface area contributed by atoms with Crippen LogP contribution in [0.4, 0.5) is 0 Å². The minimum Gasteiger partial charge on any atom is -0.497 e. The van der Waals surface area contributed by atoms with E-state index < -0.39 is 17.9 Å². The second kappa shape index (κ2) is 6.69. The molecular formula is C18H21NO4. The fraction of sp³-hybridized carbons (Fsp3) is 0.333. The van der Waals surface area contributed by atoms with Gasteiger partial charge in [0.1, 0.15) is 11.8 Å². The number of methoxy groups -OCH3 is 1. The molecule has 0 spiro atoms. The molecule has 0 aromatic heterocycles. The number of aliphatic carboxylic acids is 1. The van der Waals surface area contributed by atoms with Gasteiger partial charge in [-0.3, -0.25) is 4.79 Å². The number of fused-ring (bicyclic) bond motifs is 1. The standard InChI is InChI=1S/C18H21NO4/c1-11(17(20)19(3)12(2)18(21)22)13-5-6-15-10-16(23-4)8-7-14(15)9-13/h5-12H,1-4H3,(H,21,22)/t11-,12?/m0/s1. The van der Waals surface area contributed by atoms with Crippen molar-refractivity contribution >= 4 is 22.6 Å². The Kier molecular flexibility index (Phi) is 4.89. The highest BCUT2D eigenvalue weighted by Crippen LogP contribution is 2.26. The molecule has 2 aromatic rings. The average Bonchev–Trinajstić information content (AvgIpc) is 2.57. The van der Waals surface area contributed by atoms with Gasteiger partial charge in [-0.25, -0.2) is 4.79 Å². The van der Waals surface area contributed by atoms with Gasteiger partial charge in [-0.05, 0) is 42.3 Å². The molecule has 0 bridgehead atoms. The molecule has 1 N–H and O–H groups in total. The summed E-state index contributed by atoms with van der Waals surface area (Å²) in [7, 11) is 3.14. The Morgan fingerprint density at radius 2 is 1.70 bits per heavy atom. The third kappa shape index (κ3) is 3.44. The highest BCUT2D eigenvalue weighted by Gasteiger charge is 2.26. The van der Waals surface area contributed by atoms with E-state index in [0.717, 1.165) is 22.1 Å². The van der Waals surface area contributed by atoms with Crippen LogP contribution in [0.15, 0.2) is 36.4 Å². The number of amides is 1. The third-order valence-corrected chi connectivity index (χ3v) is 4.23. The minimum absolute atomic E-state index is 0.215. The van der Waals surface area contributed by atoms with Gasteiger partial charge >= 0.3 is 5.97 Å². The Hall–Kier alpha value is -2.56. The molecular weight excluding hydrogens is 294 g/mol. The van der Waals surface area contributed by atoms with Crippen LogP contribution >= 0.6 is 0 Å². The third-order valence-electron chi connectivity index (χ3n) is 4.23. The summed E-state index contributed by atoms with van der Waals surface area (Å²) >= 11 is 0. The number of likely N-dealkylation sites (N-methyl/N-ethyl adjacent to an activating group) is 1. The lowest BCUT2D eigenvalue weighted by molar-refractivity contribution is -0.148. The number of nitrogens with zero attached hydrogens (tertiary/aromatic N) is 1. The first-order valence-electron chi connectivity index (χ1n) is 7.42. The normalized spacial score (nSPS) is 13.4. The number of rotatable bonds is 5. The highest BCUT2D eigenvalue weighted by atomic mass is 16.5. The van der Waals surface area contributed by atoms with Crippen molar-refractivity contribution in [1.29, 1.82) is 0 Å². The van der Waals surface area contributed by atoms with Crippen LogP contribution in [-0.2, 0) is 9.59 Å². The molecule has 0 aliphatic carbocycles. The van der Waals surface area contributed by atoms with Crippen molar-refractivity contribution in [1.82, 2.24) is 4.90 Å². The topological polar surface area (TPSA) is 66.8 Å². The maximum atomic E-state index is 12.5. The molecule has 2 aromatic carbocycles. The molecule has 122 valence electrons. The monoisotopic (exact) mass is 315 g/mol. The highest BCUT2D eigenvalue weighted by molar-refractivity contribution is 5.90. The number of carbonyl (C=O) groups excluding carboxylic acids is 1. The summed E-state index contributed by atoms with van der Waals surface area (Å²) in [6.45, 7) is 3.29. The largest absolute Gasteiger partial charge is 0.497 e. The summed E-state index contributed by atoms with van der Waals surface area (Å²) in [6, 6.07) is 10.7. The summed E-state index contributed by atoms with van der Waals surface area (Å²) in [6.07, 6.45) is 0. The summed E-state index contributed by atoms with van der Waals surface area (Å²) in [5.74, 6) is -0.857. The first kappa shape index (κ1) is 16.8. The van der Waals surface area contributed by atoms with E-state index in [2.05, 4.69) is 0 Å². The molecule has 2 atom stereocenters. The van der Waals surface area contributed by atoms with Crippen LogP contribution in [0.2, 0.25) is 0 Å². The molecule has 0 saturated carbocycles. The molecule has 0 radical (unpaired) electrons. The lowest BCUT2D eigenvalue weighted by Crippen LogP contribution is -2.42. The van der Waals surface area contributed by atoms with Gasteiger partial charge in [0.05, 0.1) is 13.0 Å². The van der Waals surface area contributed by atoms with E-state index in [1.807, 2.05) is 36.4 Å². The van der Waals surface area contributed by atoms with Crippen LogP contribution < -0.4 is 4.74 Å². The number of carboxylic acids is 1. The van der Waals surface area contributed by atoms with Gasteiger partial charge in [0, 0.05) is 7.05 Å². The van der Waals surface area contributed by atoms with Gasteiger partial charge < -0.3 is 14.7 Å². The fourth-order valence-electron chi connectivity index (χ4n) is 2.44. The van der Waals surface area contributed by atoms with E-state index in [1.165, 1.54) is 18.9 Å². The van der Waals surface area contributed by atoms with E-state index >= 15 is 0 Å². The van der Waals surface area contributed by atoms with Crippen LogP contribution in [0, 0.1) is 0 Å². The summed E-state index contributed by atoms with van der Waals surface area (Å²) < 4.78 is 5.20. The summed E-state index contributed by atoms with van der Waals surface area (Å²) in [5, 5.41) is 11.1. The van der Waals surface area contributed by atoms with Crippen molar-refractivity contribution < 1.29 is 19.4 Å². The van der Waals surface area contributed by atoms with Gasteiger partial charge in [-0.15, -0.1) is 0 Å². The molecule has 0 saturated heterocycles. The number of carboxylic acid groups (broad SMARTS) is 1. The molecule has 5 nitrogen and oxygen atoms in total. The molecule has 5 heteroatoms. The molecule has 0 aliphatic rings. The van der Waals surface area contributed by atoms with Gasteiger partial charge in [0.2, 0.25) is 5.91 Å². The SMILES string of the molecule is COc1ccc2cc([C@H](C)C(=O)N(C)C(C)C(=O)O)ccc2c1. The Bertz CT molecular complexity index is 741.